The van der Waals surface area contributed by atoms with Crippen molar-refractivity contribution in [2.75, 3.05) is 6.54 Å². The second kappa shape index (κ2) is 6.94. The number of carbonyl (C=O) groups excluding carboxylic acids is 1. The number of nitrogens with one attached hydrogen (secondary N) is 1. The normalized spacial score (nSPS) is 16.2. The molecular weight excluding hydrogens is 236 g/mol. The second-order valence-electron chi connectivity index (χ2n) is 5.25. The maximum atomic E-state index is 11.9. The first-order valence-electron chi connectivity index (χ1n) is 7.01. The Morgan fingerprint density at radius 1 is 1.37 bits per heavy atom. The van der Waals surface area contributed by atoms with Gasteiger partial charge >= 0.3 is 0 Å². The lowest BCUT2D eigenvalue weighted by molar-refractivity contribution is -0.123. The predicted octanol–water partition coefficient (Wildman–Crippen LogP) is 2.68. The summed E-state index contributed by atoms with van der Waals surface area (Å²) in [7, 11) is 0. The van der Waals surface area contributed by atoms with Gasteiger partial charge in [-0.15, -0.1) is 0 Å². The molecule has 0 spiro atoms. The van der Waals surface area contributed by atoms with Gasteiger partial charge in [0.2, 0.25) is 5.91 Å². The van der Waals surface area contributed by atoms with Crippen LogP contribution in [0.3, 0.4) is 0 Å². The van der Waals surface area contributed by atoms with E-state index in [1.807, 2.05) is 30.3 Å². The Hall–Kier alpha value is -1.82. The van der Waals surface area contributed by atoms with Gasteiger partial charge in [0, 0.05) is 6.54 Å². The van der Waals surface area contributed by atoms with Crippen LogP contribution in [-0.4, -0.2) is 12.5 Å². The number of hydrogen-bond acceptors (Lipinski definition) is 2. The van der Waals surface area contributed by atoms with E-state index in [4.69, 9.17) is 5.26 Å². The number of nitriles is 1. The van der Waals surface area contributed by atoms with Crippen molar-refractivity contribution in [3.63, 3.8) is 0 Å². The van der Waals surface area contributed by atoms with Crippen LogP contribution in [0.15, 0.2) is 30.3 Å². The molecule has 1 atom stereocenters. The van der Waals surface area contributed by atoms with E-state index < -0.39 is 5.92 Å². The molecule has 0 heterocycles. The van der Waals surface area contributed by atoms with Crippen molar-refractivity contribution in [3.8, 4) is 6.07 Å². The van der Waals surface area contributed by atoms with E-state index in [1.54, 1.807) is 0 Å². The Kier molecular flexibility index (Phi) is 4.97. The van der Waals surface area contributed by atoms with Gasteiger partial charge in [-0.1, -0.05) is 49.6 Å². The van der Waals surface area contributed by atoms with Crippen molar-refractivity contribution in [1.29, 1.82) is 5.26 Å². The molecule has 1 aromatic carbocycles. The van der Waals surface area contributed by atoms with E-state index in [-0.39, 0.29) is 5.91 Å². The fraction of sp³-hybridized carbons (Fsp3) is 0.500. The van der Waals surface area contributed by atoms with Gasteiger partial charge < -0.3 is 5.32 Å². The quantitative estimate of drug-likeness (QED) is 0.850. The lowest BCUT2D eigenvalue weighted by Crippen LogP contribution is -2.33. The minimum Gasteiger partial charge on any atom is -0.355 e. The predicted molar refractivity (Wildman–Crippen MR) is 74.2 cm³/mol. The average Bonchev–Trinajstić information content (AvgIpc) is 2.39. The Bertz CT molecular complexity index is 446. The van der Waals surface area contributed by atoms with E-state index in [0.717, 1.165) is 17.9 Å². The van der Waals surface area contributed by atoms with Gasteiger partial charge in [-0.25, -0.2) is 0 Å². The fourth-order valence-corrected chi connectivity index (χ4v) is 2.35. The summed E-state index contributed by atoms with van der Waals surface area (Å²) in [5, 5.41) is 12.0. The molecule has 0 radical (unpaired) electrons. The van der Waals surface area contributed by atoms with Crippen LogP contribution in [0, 0.1) is 23.2 Å². The minimum absolute atomic E-state index is 0.134. The summed E-state index contributed by atoms with van der Waals surface area (Å²) in [5.41, 5.74) is 1.03. The van der Waals surface area contributed by atoms with Gasteiger partial charge in [0.05, 0.1) is 6.07 Å². The highest BCUT2D eigenvalue weighted by molar-refractivity contribution is 5.81. The van der Waals surface area contributed by atoms with E-state index >= 15 is 0 Å². The topological polar surface area (TPSA) is 52.9 Å². The lowest BCUT2D eigenvalue weighted by Gasteiger charge is -2.25. The Morgan fingerprint density at radius 3 is 2.68 bits per heavy atom. The molecule has 0 saturated heterocycles. The van der Waals surface area contributed by atoms with Crippen molar-refractivity contribution in [3.05, 3.63) is 35.9 Å². The SMILES string of the molecule is N#CC(Cc1ccccc1)C(=O)NCCC1CCC1. The van der Waals surface area contributed by atoms with E-state index in [2.05, 4.69) is 11.4 Å². The van der Waals surface area contributed by atoms with Crippen LogP contribution in [0.1, 0.15) is 31.2 Å². The van der Waals surface area contributed by atoms with E-state index in [1.165, 1.54) is 19.3 Å². The van der Waals surface area contributed by atoms with Gasteiger partial charge in [0.25, 0.3) is 0 Å². The van der Waals surface area contributed by atoms with E-state index in [9.17, 15) is 4.79 Å². The van der Waals surface area contributed by atoms with Crippen LogP contribution in [0.5, 0.6) is 0 Å². The molecule has 100 valence electrons. The molecule has 1 aliphatic rings. The Balaban J connectivity index is 1.76. The van der Waals surface area contributed by atoms with Crippen molar-refractivity contribution >= 4 is 5.91 Å². The third-order valence-electron chi connectivity index (χ3n) is 3.83. The molecular formula is C16H20N2O. The number of nitrogens with zero attached hydrogens (tertiary/aromatic N) is 1. The Labute approximate surface area is 114 Å². The average molecular weight is 256 g/mol. The van der Waals surface area contributed by atoms with Gasteiger partial charge in [-0.3, -0.25) is 4.79 Å². The molecule has 19 heavy (non-hydrogen) atoms. The highest BCUT2D eigenvalue weighted by atomic mass is 16.1. The monoisotopic (exact) mass is 256 g/mol. The minimum atomic E-state index is -0.580. The standard InChI is InChI=1S/C16H20N2O/c17-12-15(11-14-5-2-1-3-6-14)16(19)18-10-9-13-7-4-8-13/h1-3,5-6,13,15H,4,7-11H2,(H,18,19). The molecule has 0 bridgehead atoms. The second-order valence-corrected chi connectivity index (χ2v) is 5.25. The number of rotatable bonds is 6. The van der Waals surface area contributed by atoms with Crippen LogP contribution in [-0.2, 0) is 11.2 Å². The summed E-state index contributed by atoms with van der Waals surface area (Å²) in [4.78, 5) is 11.9. The fourth-order valence-electron chi connectivity index (χ4n) is 2.35. The van der Waals surface area contributed by atoms with Gasteiger partial charge in [0.15, 0.2) is 0 Å². The molecule has 0 aromatic heterocycles. The summed E-state index contributed by atoms with van der Waals surface area (Å²) in [6, 6.07) is 11.8. The molecule has 1 aromatic rings. The highest BCUT2D eigenvalue weighted by Crippen LogP contribution is 2.28. The summed E-state index contributed by atoms with van der Waals surface area (Å²) >= 11 is 0. The zero-order valence-corrected chi connectivity index (χ0v) is 11.1. The number of benzene rings is 1. The third kappa shape index (κ3) is 4.10. The number of amides is 1. The summed E-state index contributed by atoms with van der Waals surface area (Å²) in [6.45, 7) is 0.705. The van der Waals surface area contributed by atoms with Crippen LogP contribution in [0.25, 0.3) is 0 Å². The number of carbonyl (C=O) groups is 1. The van der Waals surface area contributed by atoms with E-state index in [0.29, 0.717) is 13.0 Å². The first-order valence-corrected chi connectivity index (χ1v) is 7.01. The maximum Gasteiger partial charge on any atom is 0.237 e. The Morgan fingerprint density at radius 2 is 2.11 bits per heavy atom. The van der Waals surface area contributed by atoms with Crippen molar-refractivity contribution < 1.29 is 4.79 Å². The molecule has 1 N–H and O–H groups in total. The summed E-state index contributed by atoms with van der Waals surface area (Å²) in [5.74, 6) is 0.0735. The van der Waals surface area contributed by atoms with Crippen molar-refractivity contribution in [2.24, 2.45) is 11.8 Å². The molecule has 1 aliphatic carbocycles. The lowest BCUT2D eigenvalue weighted by atomic mass is 9.83. The molecule has 1 amide bonds. The smallest absolute Gasteiger partial charge is 0.237 e. The van der Waals surface area contributed by atoms with Crippen LogP contribution < -0.4 is 5.32 Å². The third-order valence-corrected chi connectivity index (χ3v) is 3.83. The molecule has 1 fully saturated rings. The maximum absolute atomic E-state index is 11.9. The largest absolute Gasteiger partial charge is 0.355 e. The summed E-state index contributed by atoms with van der Waals surface area (Å²) in [6.07, 6.45) is 5.46. The first-order chi connectivity index (χ1) is 9.29. The number of hydrogen-bond donors (Lipinski definition) is 1. The van der Waals surface area contributed by atoms with Crippen LogP contribution >= 0.6 is 0 Å². The van der Waals surface area contributed by atoms with Crippen molar-refractivity contribution in [2.45, 2.75) is 32.1 Å². The molecule has 0 aliphatic heterocycles. The summed E-state index contributed by atoms with van der Waals surface area (Å²) < 4.78 is 0. The molecule has 1 saturated carbocycles. The highest BCUT2D eigenvalue weighted by Gasteiger charge is 2.20. The molecule has 3 nitrogen and oxygen atoms in total. The van der Waals surface area contributed by atoms with Gasteiger partial charge in [0.1, 0.15) is 5.92 Å². The molecule has 3 heteroatoms. The zero-order chi connectivity index (χ0) is 13.5. The van der Waals surface area contributed by atoms with Gasteiger partial charge in [-0.05, 0) is 24.3 Å². The van der Waals surface area contributed by atoms with Gasteiger partial charge in [-0.2, -0.15) is 5.26 Å². The molecule has 1 unspecified atom stereocenters. The van der Waals surface area contributed by atoms with Crippen molar-refractivity contribution in [1.82, 2.24) is 5.32 Å². The first kappa shape index (κ1) is 13.6. The van der Waals surface area contributed by atoms with Crippen LogP contribution in [0.4, 0.5) is 0 Å². The zero-order valence-electron chi connectivity index (χ0n) is 11.1. The van der Waals surface area contributed by atoms with Crippen LogP contribution in [0.2, 0.25) is 0 Å². The molecule has 2 rings (SSSR count).